The molecule has 27 heavy (non-hydrogen) atoms. The van der Waals surface area contributed by atoms with Crippen LogP contribution >= 0.6 is 0 Å². The molecule has 0 aromatic heterocycles. The van der Waals surface area contributed by atoms with E-state index in [1.54, 1.807) is 48.5 Å². The second-order valence-electron chi connectivity index (χ2n) is 6.59. The highest BCUT2D eigenvalue weighted by molar-refractivity contribution is 5.95. The predicted molar refractivity (Wildman–Crippen MR) is 99.4 cm³/mol. The lowest BCUT2D eigenvalue weighted by molar-refractivity contribution is -0.147. The van der Waals surface area contributed by atoms with E-state index < -0.39 is 17.8 Å². The van der Waals surface area contributed by atoms with Gasteiger partial charge in [0.2, 0.25) is 5.91 Å². The number of aliphatic carboxylic acids is 1. The van der Waals surface area contributed by atoms with E-state index in [1.165, 1.54) is 0 Å². The zero-order valence-corrected chi connectivity index (χ0v) is 14.7. The molecule has 2 unspecified atom stereocenters. The first-order chi connectivity index (χ1) is 13.1. The van der Waals surface area contributed by atoms with Crippen LogP contribution in [0.4, 0.5) is 5.69 Å². The van der Waals surface area contributed by atoms with Crippen LogP contribution in [0.1, 0.15) is 31.2 Å². The summed E-state index contributed by atoms with van der Waals surface area (Å²) in [7, 11) is 0. The van der Waals surface area contributed by atoms with Gasteiger partial charge in [0.15, 0.2) is 0 Å². The van der Waals surface area contributed by atoms with Gasteiger partial charge in [0, 0.05) is 5.69 Å². The van der Waals surface area contributed by atoms with E-state index in [9.17, 15) is 14.7 Å². The average molecular weight is 364 g/mol. The van der Waals surface area contributed by atoms with Gasteiger partial charge >= 0.3 is 5.97 Å². The molecule has 0 radical (unpaired) electrons. The molecule has 2 aromatic carbocycles. The highest BCUT2D eigenvalue weighted by Gasteiger charge is 2.35. The Kier molecular flexibility index (Phi) is 5.72. The van der Waals surface area contributed by atoms with Gasteiger partial charge in [-0.05, 0) is 61.4 Å². The lowest BCUT2D eigenvalue weighted by Crippen LogP contribution is -2.36. The normalized spacial score (nSPS) is 18.9. The lowest BCUT2D eigenvalue weighted by atomic mass is 9.78. The summed E-state index contributed by atoms with van der Waals surface area (Å²) in [6.45, 7) is 0. The van der Waals surface area contributed by atoms with Crippen LogP contribution in [0.15, 0.2) is 48.5 Å². The minimum atomic E-state index is -0.902. The van der Waals surface area contributed by atoms with Crippen LogP contribution in [0, 0.1) is 23.2 Å². The van der Waals surface area contributed by atoms with Crippen molar-refractivity contribution in [2.24, 2.45) is 11.8 Å². The maximum absolute atomic E-state index is 12.5. The van der Waals surface area contributed by atoms with E-state index in [0.717, 1.165) is 12.8 Å². The minimum absolute atomic E-state index is 0.247. The Bertz CT molecular complexity index is 853. The second-order valence-corrected chi connectivity index (χ2v) is 6.59. The standard InChI is InChI=1S/C21H20N2O4/c22-13-14-5-9-16(10-6-14)27-17-11-7-15(8-12-17)23-20(24)18-3-1-2-4-19(18)21(25)26/h5-12,18-19H,1-4H2,(H,23,24)(H,25,26). The van der Waals surface area contributed by atoms with Gasteiger partial charge in [-0.2, -0.15) is 5.26 Å². The fraction of sp³-hybridized carbons (Fsp3) is 0.286. The van der Waals surface area contributed by atoms with E-state index in [2.05, 4.69) is 5.32 Å². The van der Waals surface area contributed by atoms with Crippen molar-refractivity contribution in [3.63, 3.8) is 0 Å². The summed E-state index contributed by atoms with van der Waals surface area (Å²) >= 11 is 0. The zero-order valence-electron chi connectivity index (χ0n) is 14.7. The van der Waals surface area contributed by atoms with Crippen LogP contribution in [0.25, 0.3) is 0 Å². The van der Waals surface area contributed by atoms with Crippen LogP contribution in [0.5, 0.6) is 11.5 Å². The Morgan fingerprint density at radius 3 is 2.07 bits per heavy atom. The number of ether oxygens (including phenoxy) is 1. The van der Waals surface area contributed by atoms with E-state index in [0.29, 0.717) is 35.6 Å². The van der Waals surface area contributed by atoms with Gasteiger partial charge in [-0.25, -0.2) is 0 Å². The molecule has 6 nitrogen and oxygen atoms in total. The lowest BCUT2D eigenvalue weighted by Gasteiger charge is -2.27. The van der Waals surface area contributed by atoms with Crippen molar-refractivity contribution in [3.8, 4) is 17.6 Å². The monoisotopic (exact) mass is 364 g/mol. The predicted octanol–water partition coefficient (Wildman–Crippen LogP) is 4.18. The fourth-order valence-corrected chi connectivity index (χ4v) is 3.32. The molecule has 1 amide bonds. The first kappa shape index (κ1) is 18.5. The summed E-state index contributed by atoms with van der Waals surface area (Å²) < 4.78 is 5.70. The van der Waals surface area contributed by atoms with Gasteiger partial charge in [0.1, 0.15) is 11.5 Å². The Hall–Kier alpha value is -3.33. The number of rotatable bonds is 5. The number of carbonyl (C=O) groups excluding carboxylic acids is 1. The van der Waals surface area contributed by atoms with Gasteiger partial charge < -0.3 is 15.2 Å². The van der Waals surface area contributed by atoms with Gasteiger partial charge in [-0.3, -0.25) is 9.59 Å². The Labute approximate surface area is 157 Å². The number of nitrogens with zero attached hydrogens (tertiary/aromatic N) is 1. The molecule has 1 aliphatic rings. The molecular formula is C21H20N2O4. The summed E-state index contributed by atoms with van der Waals surface area (Å²) in [6, 6.07) is 15.7. The van der Waals surface area contributed by atoms with Crippen LogP contribution in [0.2, 0.25) is 0 Å². The maximum atomic E-state index is 12.5. The molecule has 0 aliphatic heterocycles. The third kappa shape index (κ3) is 4.64. The third-order valence-electron chi connectivity index (χ3n) is 4.76. The molecular weight excluding hydrogens is 344 g/mol. The SMILES string of the molecule is N#Cc1ccc(Oc2ccc(NC(=O)C3CCCCC3C(=O)O)cc2)cc1. The van der Waals surface area contributed by atoms with E-state index >= 15 is 0 Å². The van der Waals surface area contributed by atoms with Gasteiger partial charge in [-0.15, -0.1) is 0 Å². The number of hydrogen-bond donors (Lipinski definition) is 2. The molecule has 0 heterocycles. The van der Waals surface area contributed by atoms with E-state index in [1.807, 2.05) is 6.07 Å². The molecule has 1 fully saturated rings. The van der Waals surface area contributed by atoms with Crippen LogP contribution in [-0.4, -0.2) is 17.0 Å². The highest BCUT2D eigenvalue weighted by atomic mass is 16.5. The molecule has 0 bridgehead atoms. The molecule has 1 aliphatic carbocycles. The van der Waals surface area contributed by atoms with Crippen LogP contribution in [0.3, 0.4) is 0 Å². The Morgan fingerprint density at radius 2 is 1.52 bits per heavy atom. The van der Waals surface area contributed by atoms with Crippen molar-refractivity contribution < 1.29 is 19.4 Å². The van der Waals surface area contributed by atoms with Gasteiger partial charge in [0.25, 0.3) is 0 Å². The Balaban J connectivity index is 1.62. The quantitative estimate of drug-likeness (QED) is 0.829. The van der Waals surface area contributed by atoms with Gasteiger partial charge in [-0.1, -0.05) is 12.8 Å². The molecule has 0 spiro atoms. The zero-order chi connectivity index (χ0) is 19.2. The molecule has 3 rings (SSSR count). The van der Waals surface area contributed by atoms with Crippen molar-refractivity contribution in [2.45, 2.75) is 25.7 Å². The number of nitrogens with one attached hydrogen (secondary N) is 1. The number of benzene rings is 2. The fourth-order valence-electron chi connectivity index (χ4n) is 3.32. The molecule has 2 N–H and O–H groups in total. The topological polar surface area (TPSA) is 99.4 Å². The summed E-state index contributed by atoms with van der Waals surface area (Å²) in [4.78, 5) is 23.9. The van der Waals surface area contributed by atoms with Gasteiger partial charge in [0.05, 0.1) is 23.5 Å². The first-order valence-corrected chi connectivity index (χ1v) is 8.88. The number of carboxylic acid groups (broad SMARTS) is 1. The number of nitriles is 1. The minimum Gasteiger partial charge on any atom is -0.481 e. The molecule has 2 aromatic rings. The van der Waals surface area contributed by atoms with Crippen molar-refractivity contribution in [2.75, 3.05) is 5.32 Å². The van der Waals surface area contributed by atoms with Crippen molar-refractivity contribution in [1.82, 2.24) is 0 Å². The summed E-state index contributed by atoms with van der Waals surface area (Å²) in [5.74, 6) is -1.05. The van der Waals surface area contributed by atoms with Crippen molar-refractivity contribution >= 4 is 17.6 Å². The number of anilines is 1. The van der Waals surface area contributed by atoms with E-state index in [-0.39, 0.29) is 5.91 Å². The van der Waals surface area contributed by atoms with Crippen LogP contribution in [-0.2, 0) is 9.59 Å². The first-order valence-electron chi connectivity index (χ1n) is 8.88. The van der Waals surface area contributed by atoms with Crippen molar-refractivity contribution in [3.05, 3.63) is 54.1 Å². The summed E-state index contributed by atoms with van der Waals surface area (Å²) in [5.41, 5.74) is 1.16. The largest absolute Gasteiger partial charge is 0.481 e. The molecule has 1 saturated carbocycles. The highest BCUT2D eigenvalue weighted by Crippen LogP contribution is 2.31. The molecule has 6 heteroatoms. The summed E-state index contributed by atoms with van der Waals surface area (Å²) in [5, 5.41) is 20.9. The third-order valence-corrected chi connectivity index (χ3v) is 4.76. The number of carboxylic acids is 1. The number of amides is 1. The summed E-state index contributed by atoms with van der Waals surface area (Å²) in [6.07, 6.45) is 2.87. The molecule has 138 valence electrons. The average Bonchev–Trinajstić information content (AvgIpc) is 2.70. The smallest absolute Gasteiger partial charge is 0.307 e. The van der Waals surface area contributed by atoms with Crippen molar-refractivity contribution in [1.29, 1.82) is 5.26 Å². The van der Waals surface area contributed by atoms with Crippen LogP contribution < -0.4 is 10.1 Å². The van der Waals surface area contributed by atoms with E-state index in [4.69, 9.17) is 10.00 Å². The number of hydrogen-bond acceptors (Lipinski definition) is 4. The number of carbonyl (C=O) groups is 2. The molecule has 2 atom stereocenters. The Morgan fingerprint density at radius 1 is 0.963 bits per heavy atom. The second kappa shape index (κ2) is 8.37. The molecule has 0 saturated heterocycles. The maximum Gasteiger partial charge on any atom is 0.307 e.